The van der Waals surface area contributed by atoms with E-state index >= 15 is 0 Å². The van der Waals surface area contributed by atoms with Gasteiger partial charge in [0, 0.05) is 13.8 Å². The fraction of sp³-hybridized carbons (Fsp3) is 0.895. The lowest BCUT2D eigenvalue weighted by Crippen LogP contribution is -2.32. The van der Waals surface area contributed by atoms with E-state index in [9.17, 15) is 0 Å². The number of rotatable bonds is 7. The molecule has 0 aromatic carbocycles. The molecule has 0 N–H and O–H groups in total. The van der Waals surface area contributed by atoms with E-state index in [1.165, 1.54) is 24.6 Å². The van der Waals surface area contributed by atoms with Crippen LogP contribution < -0.4 is 0 Å². The van der Waals surface area contributed by atoms with E-state index < -0.39 is 6.89 Å². The first-order valence-electron chi connectivity index (χ1n) is 8.86. The van der Waals surface area contributed by atoms with Gasteiger partial charge in [-0.05, 0) is 36.0 Å². The predicted molar refractivity (Wildman–Crippen MR) is 110 cm³/mol. The van der Waals surface area contributed by atoms with Crippen molar-refractivity contribution in [1.82, 2.24) is 0 Å². The Bertz CT molecular complexity index is 442. The van der Waals surface area contributed by atoms with Gasteiger partial charge in [0.15, 0.2) is 0 Å². The fourth-order valence-corrected chi connectivity index (χ4v) is 9.93. The molecule has 1 aliphatic carbocycles. The molecule has 0 amide bonds. The van der Waals surface area contributed by atoms with Gasteiger partial charge in [0.2, 0.25) is 5.34 Å². The average molecular weight is 345 g/mol. The number of hydrogen-bond acceptors (Lipinski definition) is 1. The van der Waals surface area contributed by atoms with Gasteiger partial charge in [0.1, 0.15) is 13.4 Å². The van der Waals surface area contributed by atoms with Crippen LogP contribution in [0.15, 0.2) is 0 Å². The van der Waals surface area contributed by atoms with Crippen molar-refractivity contribution in [3.8, 4) is 0 Å². The summed E-state index contributed by atoms with van der Waals surface area (Å²) in [7, 11) is -0.389. The Morgan fingerprint density at radius 3 is 2.09 bits per heavy atom. The molecular weight excluding hydrogens is 306 g/mol. The summed E-state index contributed by atoms with van der Waals surface area (Å²) in [6.45, 7) is 17.6. The second-order valence-electron chi connectivity index (χ2n) is 8.51. The highest BCUT2D eigenvalue weighted by Crippen LogP contribution is 2.57. The third-order valence-electron chi connectivity index (χ3n) is 6.60. The molecule has 4 atom stereocenters. The van der Waals surface area contributed by atoms with E-state index in [2.05, 4.69) is 68.0 Å². The van der Waals surface area contributed by atoms with Crippen LogP contribution in [0.2, 0.25) is 0 Å². The normalized spacial score (nSPS) is 29.6. The minimum absolute atomic E-state index is 0.0956. The van der Waals surface area contributed by atoms with Gasteiger partial charge in [0.05, 0.1) is 12.4 Å². The van der Waals surface area contributed by atoms with E-state index in [4.69, 9.17) is 4.74 Å². The molecule has 0 saturated heterocycles. The molecule has 1 rings (SSSR count). The third kappa shape index (κ3) is 4.28. The van der Waals surface area contributed by atoms with E-state index in [-0.39, 0.29) is 12.9 Å². The molecule has 1 aliphatic rings. The molecule has 1 saturated carbocycles. The van der Waals surface area contributed by atoms with Crippen LogP contribution in [0.5, 0.6) is 0 Å². The van der Waals surface area contributed by atoms with Gasteiger partial charge in [-0.1, -0.05) is 54.7 Å². The van der Waals surface area contributed by atoms with E-state index in [1.807, 2.05) is 0 Å². The lowest BCUT2D eigenvalue weighted by atomic mass is 9.77. The maximum Gasteiger partial charge on any atom is 0.219 e. The molecule has 0 aromatic heterocycles. The van der Waals surface area contributed by atoms with Crippen molar-refractivity contribution in [3.63, 3.8) is 0 Å². The van der Waals surface area contributed by atoms with Crippen LogP contribution in [0.3, 0.4) is 0 Å². The van der Waals surface area contributed by atoms with E-state index in [0.29, 0.717) is 17.4 Å². The zero-order valence-electron chi connectivity index (χ0n) is 16.3. The van der Waals surface area contributed by atoms with Crippen molar-refractivity contribution in [2.75, 3.05) is 18.2 Å². The van der Waals surface area contributed by atoms with Gasteiger partial charge in [-0.2, -0.15) is 0 Å². The minimum atomic E-state index is -1.05. The van der Waals surface area contributed by atoms with Crippen LogP contribution in [-0.2, 0) is 4.74 Å². The molecule has 0 aliphatic heterocycles. The first kappa shape index (κ1) is 20.5. The third-order valence-corrected chi connectivity index (χ3v) is 14.7. The van der Waals surface area contributed by atoms with Crippen molar-refractivity contribution in [2.24, 2.45) is 17.3 Å². The van der Waals surface area contributed by atoms with Gasteiger partial charge >= 0.3 is 0 Å². The maximum absolute atomic E-state index is 6.67. The van der Waals surface area contributed by atoms with Crippen LogP contribution in [0.25, 0.3) is 0 Å². The summed E-state index contributed by atoms with van der Waals surface area (Å²) in [5.74, 6) is 2.55. The Balaban J connectivity index is 2.80. The summed E-state index contributed by atoms with van der Waals surface area (Å²) < 4.78 is 6.67. The summed E-state index contributed by atoms with van der Waals surface area (Å²) in [6.07, 6.45) is 13.2. The molecule has 0 heterocycles. The lowest BCUT2D eigenvalue weighted by Gasteiger charge is -2.32. The Morgan fingerprint density at radius 2 is 1.73 bits per heavy atom. The molecule has 130 valence electrons. The van der Waals surface area contributed by atoms with Gasteiger partial charge in [-0.15, -0.1) is 0 Å². The van der Waals surface area contributed by atoms with Gasteiger partial charge < -0.3 is 4.74 Å². The SMILES string of the molecule is C=[P+](CP(=C)(CC)CC)C(C)(C)O[C@H]1C[C@@H](C)C(C)(C)[C@@H]1C. The fourth-order valence-electron chi connectivity index (χ4n) is 3.34. The highest BCUT2D eigenvalue weighted by Gasteiger charge is 2.48. The molecule has 0 spiro atoms. The average Bonchev–Trinajstić information content (AvgIpc) is 2.61. The largest absolute Gasteiger partial charge is 0.332 e. The van der Waals surface area contributed by atoms with Crippen LogP contribution in [0.1, 0.15) is 61.8 Å². The maximum atomic E-state index is 6.67. The molecule has 1 nitrogen and oxygen atoms in total. The van der Waals surface area contributed by atoms with Crippen molar-refractivity contribution >= 4 is 27.0 Å². The topological polar surface area (TPSA) is 9.23 Å². The summed E-state index contributed by atoms with van der Waals surface area (Å²) in [5.41, 5.74) is 0.376. The molecule has 1 unspecified atom stereocenters. The highest BCUT2D eigenvalue weighted by molar-refractivity contribution is 7.83. The highest BCUT2D eigenvalue weighted by atomic mass is 31.2. The zero-order chi connectivity index (χ0) is 17.3. The Labute approximate surface area is 141 Å². The first-order chi connectivity index (χ1) is 9.89. The zero-order valence-corrected chi connectivity index (χ0v) is 18.1. The lowest BCUT2D eigenvalue weighted by molar-refractivity contribution is -0.0426. The number of ether oxygens (including phenoxy) is 1. The Hall–Kier alpha value is 0.430. The first-order valence-corrected chi connectivity index (χ1v) is 13.1. The Morgan fingerprint density at radius 1 is 1.23 bits per heavy atom. The summed E-state index contributed by atoms with van der Waals surface area (Å²) >= 11 is 0. The molecule has 0 aromatic rings. The summed E-state index contributed by atoms with van der Waals surface area (Å²) in [6, 6.07) is 0. The summed E-state index contributed by atoms with van der Waals surface area (Å²) in [5, 5.41) is -0.0956. The minimum Gasteiger partial charge on any atom is -0.332 e. The molecule has 0 bridgehead atoms. The van der Waals surface area contributed by atoms with E-state index in [0.717, 1.165) is 5.92 Å². The second kappa shape index (κ2) is 7.13. The van der Waals surface area contributed by atoms with Crippen molar-refractivity contribution < 1.29 is 4.74 Å². The second-order valence-corrected chi connectivity index (χ2v) is 15.7. The van der Waals surface area contributed by atoms with Crippen molar-refractivity contribution in [2.45, 2.75) is 73.3 Å². The van der Waals surface area contributed by atoms with Crippen LogP contribution in [0, 0.1) is 17.3 Å². The molecule has 3 heteroatoms. The quantitative estimate of drug-likeness (QED) is 0.501. The molecular formula is C19H39OP2+. The predicted octanol–water partition coefficient (Wildman–Crippen LogP) is 6.17. The number of hydrogen-bond donors (Lipinski definition) is 0. The Kier molecular flexibility index (Phi) is 6.63. The van der Waals surface area contributed by atoms with Crippen molar-refractivity contribution in [1.29, 1.82) is 0 Å². The summed E-state index contributed by atoms with van der Waals surface area (Å²) in [4.78, 5) is 0. The van der Waals surface area contributed by atoms with Gasteiger partial charge in [-0.3, -0.25) is 0 Å². The molecule has 0 radical (unpaired) electrons. The standard InChI is InChI=1S/C19H39OP2/c1-11-22(10,12-2)14-21(9)19(7,8)20-17-13-15(3)18(5,6)16(17)4/h15-17H,9-14H2,1-8H3/q+1/t15-,16-,17+/m1/s1. The van der Waals surface area contributed by atoms with E-state index in [1.54, 1.807) is 0 Å². The van der Waals surface area contributed by atoms with Crippen molar-refractivity contribution in [3.05, 3.63) is 0 Å². The van der Waals surface area contributed by atoms with Crippen LogP contribution in [0.4, 0.5) is 0 Å². The van der Waals surface area contributed by atoms with Gasteiger partial charge in [-0.25, -0.2) is 0 Å². The van der Waals surface area contributed by atoms with Crippen LogP contribution in [-0.4, -0.2) is 42.3 Å². The van der Waals surface area contributed by atoms with Gasteiger partial charge in [0.25, 0.3) is 0 Å². The van der Waals surface area contributed by atoms with Crippen LogP contribution >= 0.6 is 14.4 Å². The monoisotopic (exact) mass is 345 g/mol. The molecule has 1 fully saturated rings. The smallest absolute Gasteiger partial charge is 0.219 e. The molecule has 22 heavy (non-hydrogen) atoms.